The Bertz CT molecular complexity index is 437. The van der Waals surface area contributed by atoms with Crippen molar-refractivity contribution in [2.75, 3.05) is 6.54 Å². The summed E-state index contributed by atoms with van der Waals surface area (Å²) in [6.07, 6.45) is 9.17. The van der Waals surface area contributed by atoms with Crippen molar-refractivity contribution in [2.45, 2.75) is 57.9 Å². The Kier molecular flexibility index (Phi) is 6.18. The summed E-state index contributed by atoms with van der Waals surface area (Å²) < 4.78 is 0. The summed E-state index contributed by atoms with van der Waals surface area (Å²) in [4.78, 5) is 10.3. The van der Waals surface area contributed by atoms with Crippen LogP contribution in [0.25, 0.3) is 0 Å². The number of rotatable bonds is 6. The third kappa shape index (κ3) is 5.12. The normalized spacial score (nSPS) is 18.1. The molecule has 0 aromatic heterocycles. The van der Waals surface area contributed by atoms with Gasteiger partial charge in [-0.15, -0.1) is 0 Å². The molecule has 2 rings (SSSR count). The molecule has 0 heterocycles. The molecule has 1 aromatic carbocycles. The van der Waals surface area contributed by atoms with E-state index in [2.05, 4.69) is 12.2 Å². The van der Waals surface area contributed by atoms with E-state index in [1.54, 1.807) is 12.1 Å². The molecule has 1 saturated carbocycles. The summed E-state index contributed by atoms with van der Waals surface area (Å²) >= 11 is 0. The fraction of sp³-hybridized carbons (Fsp3) is 0.647. The van der Waals surface area contributed by atoms with Gasteiger partial charge in [-0.2, -0.15) is 0 Å². The maximum absolute atomic E-state index is 10.6. The van der Waals surface area contributed by atoms with Crippen molar-refractivity contribution in [3.63, 3.8) is 0 Å². The summed E-state index contributed by atoms with van der Waals surface area (Å²) in [6.45, 7) is 3.24. The lowest BCUT2D eigenvalue weighted by atomic mass is 9.93. The molecule has 4 heteroatoms. The zero-order valence-electron chi connectivity index (χ0n) is 12.9. The molecule has 0 bridgehead atoms. The quantitative estimate of drug-likeness (QED) is 0.488. The van der Waals surface area contributed by atoms with Crippen LogP contribution in [0, 0.1) is 16.0 Å². The second kappa shape index (κ2) is 8.13. The highest BCUT2D eigenvalue weighted by Crippen LogP contribution is 2.25. The van der Waals surface area contributed by atoms with Gasteiger partial charge in [-0.3, -0.25) is 10.1 Å². The van der Waals surface area contributed by atoms with E-state index in [1.807, 2.05) is 12.1 Å². The Morgan fingerprint density at radius 3 is 2.38 bits per heavy atom. The van der Waals surface area contributed by atoms with Gasteiger partial charge < -0.3 is 5.32 Å². The van der Waals surface area contributed by atoms with Gasteiger partial charge in [-0.05, 0) is 44.2 Å². The molecule has 1 atom stereocenters. The molecule has 116 valence electrons. The number of nitrogens with one attached hydrogen (secondary N) is 1. The van der Waals surface area contributed by atoms with Crippen molar-refractivity contribution in [2.24, 2.45) is 5.92 Å². The van der Waals surface area contributed by atoms with E-state index in [0.717, 1.165) is 24.4 Å². The van der Waals surface area contributed by atoms with Crippen LogP contribution in [0.15, 0.2) is 24.3 Å². The number of benzene rings is 1. The molecule has 1 aromatic rings. The van der Waals surface area contributed by atoms with Crippen molar-refractivity contribution < 1.29 is 4.92 Å². The second-order valence-corrected chi connectivity index (χ2v) is 6.17. The average molecular weight is 290 g/mol. The molecule has 1 aliphatic carbocycles. The summed E-state index contributed by atoms with van der Waals surface area (Å²) in [5.41, 5.74) is 1.32. The second-order valence-electron chi connectivity index (χ2n) is 6.17. The Balaban J connectivity index is 1.74. The number of nitrogens with zero attached hydrogens (tertiary/aromatic N) is 1. The number of hydrogen-bond donors (Lipinski definition) is 1. The van der Waals surface area contributed by atoms with Crippen LogP contribution in [0.2, 0.25) is 0 Å². The molecular formula is C17H26N2O2. The van der Waals surface area contributed by atoms with Crippen LogP contribution in [-0.2, 0) is 6.42 Å². The highest BCUT2D eigenvalue weighted by atomic mass is 16.6. The summed E-state index contributed by atoms with van der Waals surface area (Å²) in [7, 11) is 0. The molecular weight excluding hydrogens is 264 g/mol. The largest absolute Gasteiger partial charge is 0.314 e. The summed E-state index contributed by atoms with van der Waals surface area (Å²) in [6, 6.07) is 7.46. The molecule has 0 radical (unpaired) electrons. The monoisotopic (exact) mass is 290 g/mol. The first-order valence-electron chi connectivity index (χ1n) is 8.13. The number of nitro groups is 1. The standard InChI is InChI=1S/C17H26N2O2/c1-14(16-6-4-2-3-5-7-16)18-13-12-15-8-10-17(11-9-15)19(20)21/h8-11,14,16,18H,2-7,12-13H2,1H3/t14-/m1/s1. The minimum atomic E-state index is -0.351. The van der Waals surface area contributed by atoms with Crippen LogP contribution in [0.5, 0.6) is 0 Å². The smallest absolute Gasteiger partial charge is 0.269 e. The minimum absolute atomic E-state index is 0.165. The highest BCUT2D eigenvalue weighted by Gasteiger charge is 2.18. The highest BCUT2D eigenvalue weighted by molar-refractivity contribution is 5.32. The van der Waals surface area contributed by atoms with Gasteiger partial charge in [-0.25, -0.2) is 0 Å². The van der Waals surface area contributed by atoms with Crippen LogP contribution >= 0.6 is 0 Å². The van der Waals surface area contributed by atoms with Crippen LogP contribution < -0.4 is 5.32 Å². The van der Waals surface area contributed by atoms with E-state index >= 15 is 0 Å². The van der Waals surface area contributed by atoms with Crippen molar-refractivity contribution in [1.29, 1.82) is 0 Å². The Hall–Kier alpha value is -1.42. The lowest BCUT2D eigenvalue weighted by Gasteiger charge is -2.23. The third-order valence-electron chi connectivity index (χ3n) is 4.63. The third-order valence-corrected chi connectivity index (χ3v) is 4.63. The first-order chi connectivity index (χ1) is 10.2. The van der Waals surface area contributed by atoms with Crippen LogP contribution in [0.1, 0.15) is 51.0 Å². The molecule has 0 saturated heterocycles. The van der Waals surface area contributed by atoms with E-state index in [1.165, 1.54) is 38.5 Å². The Morgan fingerprint density at radius 2 is 1.81 bits per heavy atom. The molecule has 0 unspecified atom stereocenters. The number of nitro benzene ring substituents is 1. The van der Waals surface area contributed by atoms with Crippen molar-refractivity contribution >= 4 is 5.69 Å². The van der Waals surface area contributed by atoms with E-state index in [9.17, 15) is 10.1 Å². The maximum Gasteiger partial charge on any atom is 0.269 e. The van der Waals surface area contributed by atoms with Crippen LogP contribution in [0.3, 0.4) is 0 Å². The van der Waals surface area contributed by atoms with Gasteiger partial charge in [-0.1, -0.05) is 37.8 Å². The van der Waals surface area contributed by atoms with Gasteiger partial charge in [0.05, 0.1) is 4.92 Å². The zero-order chi connectivity index (χ0) is 15.1. The van der Waals surface area contributed by atoms with E-state index < -0.39 is 0 Å². The summed E-state index contributed by atoms with van der Waals surface area (Å²) in [5, 5.41) is 14.2. The lowest BCUT2D eigenvalue weighted by Crippen LogP contribution is -2.34. The van der Waals surface area contributed by atoms with E-state index in [4.69, 9.17) is 0 Å². The van der Waals surface area contributed by atoms with Gasteiger partial charge in [0.25, 0.3) is 5.69 Å². The van der Waals surface area contributed by atoms with Crippen molar-refractivity contribution in [3.05, 3.63) is 39.9 Å². The van der Waals surface area contributed by atoms with Crippen LogP contribution in [0.4, 0.5) is 5.69 Å². The molecule has 21 heavy (non-hydrogen) atoms. The number of hydrogen-bond acceptors (Lipinski definition) is 3. The molecule has 1 aliphatic rings. The van der Waals surface area contributed by atoms with Gasteiger partial charge in [0, 0.05) is 18.2 Å². The van der Waals surface area contributed by atoms with Gasteiger partial charge >= 0.3 is 0 Å². The SMILES string of the molecule is C[C@@H](NCCc1ccc([N+](=O)[O-])cc1)C1CCCCCC1. The molecule has 0 amide bonds. The Labute approximate surface area is 127 Å². The first-order valence-corrected chi connectivity index (χ1v) is 8.13. The predicted molar refractivity (Wildman–Crippen MR) is 85.5 cm³/mol. The predicted octanol–water partition coefficient (Wildman–Crippen LogP) is 4.09. The first kappa shape index (κ1) is 16.0. The van der Waals surface area contributed by atoms with Gasteiger partial charge in [0.1, 0.15) is 0 Å². The van der Waals surface area contributed by atoms with Gasteiger partial charge in [0.2, 0.25) is 0 Å². The van der Waals surface area contributed by atoms with E-state index in [-0.39, 0.29) is 10.6 Å². The molecule has 1 fully saturated rings. The van der Waals surface area contributed by atoms with E-state index in [0.29, 0.717) is 6.04 Å². The molecule has 0 spiro atoms. The summed E-state index contributed by atoms with van der Waals surface area (Å²) in [5.74, 6) is 0.810. The minimum Gasteiger partial charge on any atom is -0.314 e. The fourth-order valence-corrected chi connectivity index (χ4v) is 3.21. The molecule has 0 aliphatic heterocycles. The van der Waals surface area contributed by atoms with Gasteiger partial charge in [0.15, 0.2) is 0 Å². The number of non-ortho nitro benzene ring substituents is 1. The van der Waals surface area contributed by atoms with Crippen molar-refractivity contribution in [1.82, 2.24) is 5.32 Å². The topological polar surface area (TPSA) is 55.2 Å². The fourth-order valence-electron chi connectivity index (χ4n) is 3.21. The molecule has 1 N–H and O–H groups in total. The Morgan fingerprint density at radius 1 is 1.19 bits per heavy atom. The lowest BCUT2D eigenvalue weighted by molar-refractivity contribution is -0.384. The molecule has 4 nitrogen and oxygen atoms in total. The maximum atomic E-state index is 10.6. The average Bonchev–Trinajstić information content (AvgIpc) is 2.77. The van der Waals surface area contributed by atoms with Crippen LogP contribution in [-0.4, -0.2) is 17.5 Å². The zero-order valence-corrected chi connectivity index (χ0v) is 12.9. The van der Waals surface area contributed by atoms with Crippen molar-refractivity contribution in [3.8, 4) is 0 Å².